The highest BCUT2D eigenvalue weighted by molar-refractivity contribution is 8.15. The first-order valence-electron chi connectivity index (χ1n) is 17.1. The molecule has 0 bridgehead atoms. The summed E-state index contributed by atoms with van der Waals surface area (Å²) in [6.07, 6.45) is 2.91. The monoisotopic (exact) mass is 653 g/mol. The maximum atomic E-state index is 6.93. The average Bonchev–Trinajstić information content (AvgIpc) is 3.78. The van der Waals surface area contributed by atoms with Gasteiger partial charge in [-0.3, -0.25) is 9.56 Å². The molecule has 0 radical (unpaired) electrons. The van der Waals surface area contributed by atoms with Crippen molar-refractivity contribution in [2.24, 2.45) is 4.99 Å². The molecule has 0 fully saturated rings. The molecular weight excluding hydrogens is 619 g/mol. The zero-order valence-electron chi connectivity index (χ0n) is 28.0. The van der Waals surface area contributed by atoms with E-state index in [1.165, 1.54) is 44.1 Å². The van der Waals surface area contributed by atoms with E-state index in [4.69, 9.17) is 14.7 Å². The number of fused-ring (bicyclic) bond motifs is 8. The second kappa shape index (κ2) is 10.4. The third-order valence-electron chi connectivity index (χ3n) is 10.8. The molecule has 2 aromatic heterocycles. The summed E-state index contributed by atoms with van der Waals surface area (Å²) in [5, 5.41) is 3.95. The predicted molar refractivity (Wildman–Crippen MR) is 203 cm³/mol. The van der Waals surface area contributed by atoms with Gasteiger partial charge in [-0.25, -0.2) is 4.98 Å². The van der Waals surface area contributed by atoms with Crippen LogP contribution in [0.1, 0.15) is 58.0 Å². The fourth-order valence-corrected chi connectivity index (χ4v) is 9.74. The Morgan fingerprint density at radius 1 is 0.776 bits per heavy atom. The van der Waals surface area contributed by atoms with E-state index in [0.29, 0.717) is 5.25 Å². The van der Waals surface area contributed by atoms with Crippen LogP contribution in [0.15, 0.2) is 120 Å². The van der Waals surface area contributed by atoms with Crippen LogP contribution in [0.2, 0.25) is 0 Å². The molecular formula is C44H35N3OS. The Hall–Kier alpha value is -5.13. The number of pyridine rings is 1. The lowest BCUT2D eigenvalue weighted by atomic mass is 9.75. The van der Waals surface area contributed by atoms with E-state index in [0.717, 1.165) is 56.6 Å². The van der Waals surface area contributed by atoms with Crippen LogP contribution in [0.4, 0.5) is 0 Å². The minimum Gasteiger partial charge on any atom is -0.457 e. The number of hydrogen-bond acceptors (Lipinski definition) is 4. The molecule has 0 saturated heterocycles. The molecule has 1 aliphatic carbocycles. The number of nitrogens with zero attached hydrogens (tertiary/aromatic N) is 3. The first-order chi connectivity index (χ1) is 23.8. The highest BCUT2D eigenvalue weighted by Gasteiger charge is 2.39. The van der Waals surface area contributed by atoms with Crippen molar-refractivity contribution in [2.75, 3.05) is 0 Å². The van der Waals surface area contributed by atoms with Crippen molar-refractivity contribution in [1.29, 1.82) is 0 Å². The summed E-state index contributed by atoms with van der Waals surface area (Å²) in [6.45, 7) is 8.99. The maximum absolute atomic E-state index is 6.93. The Morgan fingerprint density at radius 2 is 1.59 bits per heavy atom. The number of hydrogen-bond donors (Lipinski definition) is 0. The molecule has 7 aromatic rings. The number of thioether (sulfide) groups is 1. The third-order valence-corrected chi connectivity index (χ3v) is 12.2. The molecule has 3 aliphatic rings. The molecule has 2 atom stereocenters. The lowest BCUT2D eigenvalue weighted by molar-refractivity contribution is 0.479. The minimum atomic E-state index is -0.164. The van der Waals surface area contributed by atoms with Gasteiger partial charge in [-0.05, 0) is 90.0 Å². The second-order valence-corrected chi connectivity index (χ2v) is 15.5. The van der Waals surface area contributed by atoms with Crippen LogP contribution in [-0.2, 0) is 11.8 Å². The van der Waals surface area contributed by atoms with E-state index < -0.39 is 0 Å². The average molecular weight is 654 g/mol. The molecule has 5 heteroatoms. The molecule has 0 spiro atoms. The quantitative estimate of drug-likeness (QED) is 0.190. The Morgan fingerprint density at radius 3 is 2.47 bits per heavy atom. The minimum absolute atomic E-state index is 0.164. The van der Waals surface area contributed by atoms with Crippen molar-refractivity contribution < 1.29 is 4.74 Å². The van der Waals surface area contributed by atoms with Gasteiger partial charge in [0.1, 0.15) is 17.3 Å². The highest BCUT2D eigenvalue weighted by atomic mass is 32.2. The Balaban J connectivity index is 1.12. The van der Waals surface area contributed by atoms with Crippen LogP contribution in [0, 0.1) is 13.8 Å². The summed E-state index contributed by atoms with van der Waals surface area (Å²) < 4.78 is 9.29. The molecule has 2 aliphatic heterocycles. The van der Waals surface area contributed by atoms with Crippen molar-refractivity contribution in [1.82, 2.24) is 9.55 Å². The summed E-state index contributed by atoms with van der Waals surface area (Å²) >= 11 is 1.89. The summed E-state index contributed by atoms with van der Waals surface area (Å²) in [7, 11) is 0. The molecule has 0 saturated carbocycles. The number of aliphatic imine (C=N–C) groups is 1. The highest BCUT2D eigenvalue weighted by Crippen LogP contribution is 2.51. The smallest absolute Gasteiger partial charge is 0.141 e. The van der Waals surface area contributed by atoms with Gasteiger partial charge in [0.25, 0.3) is 0 Å². The molecule has 238 valence electrons. The van der Waals surface area contributed by atoms with Gasteiger partial charge in [0, 0.05) is 39.6 Å². The standard InChI is InChI=1S/C44H35N3OS/c1-25-17-34-33-19-26(2)39(24-38(33)47-40(34)36(18-25)44(3,4)35-15-10-16-45-42(35)47)48-31-21-29(27-11-6-5-7-12-27)20-30(22-31)43-46-37-23-28-13-8-9-14-32(28)41(37)49-43/h5-22,24,37,41H,23H2,1-4H3/t37-,41+/m1/s1. The molecule has 0 N–H and O–H groups in total. The lowest BCUT2D eigenvalue weighted by Gasteiger charge is -2.34. The van der Waals surface area contributed by atoms with Gasteiger partial charge < -0.3 is 4.74 Å². The van der Waals surface area contributed by atoms with Gasteiger partial charge >= 0.3 is 0 Å². The molecule has 0 unspecified atom stereocenters. The van der Waals surface area contributed by atoms with Crippen molar-refractivity contribution in [3.63, 3.8) is 0 Å². The lowest BCUT2D eigenvalue weighted by Crippen LogP contribution is -2.27. The van der Waals surface area contributed by atoms with Crippen LogP contribution in [0.3, 0.4) is 0 Å². The van der Waals surface area contributed by atoms with Gasteiger partial charge in [-0.2, -0.15) is 0 Å². The number of rotatable bonds is 4. The summed E-state index contributed by atoms with van der Waals surface area (Å²) in [5.74, 6) is 2.65. The van der Waals surface area contributed by atoms with E-state index in [1.807, 2.05) is 18.0 Å². The molecule has 0 amide bonds. The van der Waals surface area contributed by atoms with Crippen LogP contribution in [0.5, 0.6) is 11.5 Å². The zero-order chi connectivity index (χ0) is 33.0. The molecule has 49 heavy (non-hydrogen) atoms. The SMILES string of the molecule is Cc1cc2c3c(c1)c1cc(C)c(Oc4cc(C5=N[C@@H]6Cc7ccccc7[C@@H]6S5)cc(-c5ccccc5)c4)cc1n3-c1ncccc1C2(C)C. The fourth-order valence-electron chi connectivity index (χ4n) is 8.38. The van der Waals surface area contributed by atoms with Gasteiger partial charge in [-0.15, -0.1) is 0 Å². The van der Waals surface area contributed by atoms with Crippen molar-refractivity contribution in [3.8, 4) is 28.4 Å². The number of benzene rings is 5. The van der Waals surface area contributed by atoms with E-state index in [1.54, 1.807) is 0 Å². The van der Waals surface area contributed by atoms with Crippen LogP contribution in [0.25, 0.3) is 38.8 Å². The largest absolute Gasteiger partial charge is 0.457 e. The Labute approximate surface area is 290 Å². The third kappa shape index (κ3) is 4.31. The van der Waals surface area contributed by atoms with Gasteiger partial charge in [0.2, 0.25) is 0 Å². The second-order valence-electron chi connectivity index (χ2n) is 14.3. The first kappa shape index (κ1) is 28.8. The van der Waals surface area contributed by atoms with E-state index in [2.05, 4.69) is 141 Å². The van der Waals surface area contributed by atoms with Gasteiger partial charge in [0.15, 0.2) is 0 Å². The van der Waals surface area contributed by atoms with Crippen LogP contribution >= 0.6 is 11.8 Å². The first-order valence-corrected chi connectivity index (χ1v) is 18.0. The number of aromatic nitrogens is 2. The predicted octanol–water partition coefficient (Wildman–Crippen LogP) is 11.1. The fraction of sp³-hybridized carbons (Fsp3) is 0.182. The molecule has 4 heterocycles. The van der Waals surface area contributed by atoms with Gasteiger partial charge in [-0.1, -0.05) is 97.9 Å². The van der Waals surface area contributed by atoms with Crippen molar-refractivity contribution in [2.45, 2.75) is 50.8 Å². The van der Waals surface area contributed by atoms with E-state index >= 15 is 0 Å². The summed E-state index contributed by atoms with van der Waals surface area (Å²) in [5.41, 5.74) is 13.4. The molecule has 4 nitrogen and oxygen atoms in total. The summed E-state index contributed by atoms with van der Waals surface area (Å²) in [6, 6.07) is 39.8. The van der Waals surface area contributed by atoms with E-state index in [9.17, 15) is 0 Å². The van der Waals surface area contributed by atoms with E-state index in [-0.39, 0.29) is 11.5 Å². The normalized spacial score (nSPS) is 18.3. The van der Waals surface area contributed by atoms with Crippen LogP contribution in [-0.4, -0.2) is 20.6 Å². The molecule has 5 aromatic carbocycles. The molecule has 10 rings (SSSR count). The van der Waals surface area contributed by atoms with Crippen molar-refractivity contribution in [3.05, 3.63) is 154 Å². The summed E-state index contributed by atoms with van der Waals surface area (Å²) in [4.78, 5) is 10.3. The van der Waals surface area contributed by atoms with Gasteiger partial charge in [0.05, 0.1) is 27.4 Å². The number of aryl methyl sites for hydroxylation is 2. The topological polar surface area (TPSA) is 39.4 Å². The Bertz CT molecular complexity index is 2540. The number of ether oxygens (including phenoxy) is 1. The maximum Gasteiger partial charge on any atom is 0.141 e. The zero-order valence-corrected chi connectivity index (χ0v) is 28.8. The van der Waals surface area contributed by atoms with Crippen LogP contribution < -0.4 is 4.74 Å². The Kier molecular flexibility index (Phi) is 6.14. The van der Waals surface area contributed by atoms with Crippen molar-refractivity contribution >= 4 is 38.6 Å².